The number of carbonyl (C=O) groups is 4. The van der Waals surface area contributed by atoms with Crippen molar-refractivity contribution in [2.75, 3.05) is 13.2 Å². The van der Waals surface area contributed by atoms with E-state index in [0.29, 0.717) is 12.8 Å². The number of nitrogens with one attached hydrogen (secondary N) is 3. The molecule has 196 valence electrons. The van der Waals surface area contributed by atoms with E-state index in [1.807, 2.05) is 13.8 Å². The third kappa shape index (κ3) is 11.8. The molecule has 5 unspecified atom stereocenters. The lowest BCUT2D eigenvalue weighted by molar-refractivity contribution is -0.144. The third-order valence-corrected chi connectivity index (χ3v) is 5.23. The number of carbonyl (C=O) groups excluding carboxylic acids is 3. The van der Waals surface area contributed by atoms with E-state index < -0.39 is 54.5 Å². The number of guanidine groups is 1. The minimum atomic E-state index is -1.20. The molecule has 0 radical (unpaired) electrons. The summed E-state index contributed by atoms with van der Waals surface area (Å²) in [7, 11) is 0. The van der Waals surface area contributed by atoms with Crippen LogP contribution < -0.4 is 33.2 Å². The Morgan fingerprint density at radius 1 is 0.941 bits per heavy atom. The molecule has 0 aromatic carbocycles. The average molecular weight is 488 g/mol. The van der Waals surface area contributed by atoms with Crippen molar-refractivity contribution in [1.29, 1.82) is 0 Å². The maximum atomic E-state index is 13.0. The summed E-state index contributed by atoms with van der Waals surface area (Å²) in [5.41, 5.74) is 16.2. The molecule has 5 atom stereocenters. The maximum absolute atomic E-state index is 13.0. The number of rotatable bonds is 16. The van der Waals surface area contributed by atoms with Crippen LogP contribution in [0.25, 0.3) is 0 Å². The number of amides is 3. The van der Waals surface area contributed by atoms with E-state index in [4.69, 9.17) is 22.3 Å². The van der Waals surface area contributed by atoms with E-state index in [2.05, 4.69) is 20.9 Å². The topological polar surface area (TPSA) is 235 Å². The number of carboxylic acids is 1. The fourth-order valence-corrected chi connectivity index (χ4v) is 3.05. The van der Waals surface area contributed by atoms with Crippen molar-refractivity contribution >= 4 is 29.7 Å². The number of aliphatic hydroxyl groups is 1. The van der Waals surface area contributed by atoms with Crippen LogP contribution in [0, 0.1) is 11.8 Å². The number of carboxylic acid groups (broad SMARTS) is 1. The average Bonchev–Trinajstić information content (AvgIpc) is 2.76. The van der Waals surface area contributed by atoms with Crippen molar-refractivity contribution < 1.29 is 29.4 Å². The predicted octanol–water partition coefficient (Wildman–Crippen LogP) is -2.01. The van der Waals surface area contributed by atoms with Gasteiger partial charge in [0.05, 0.1) is 6.61 Å². The summed E-state index contributed by atoms with van der Waals surface area (Å²) in [6.07, 6.45) is 1.22. The minimum absolute atomic E-state index is 0.0114. The van der Waals surface area contributed by atoms with Gasteiger partial charge in [0.25, 0.3) is 0 Å². The van der Waals surface area contributed by atoms with Gasteiger partial charge in [0.1, 0.15) is 24.2 Å². The molecular weight excluding hydrogens is 446 g/mol. The summed E-state index contributed by atoms with van der Waals surface area (Å²) in [6, 6.07) is -4.44. The maximum Gasteiger partial charge on any atom is 0.326 e. The molecule has 0 aliphatic carbocycles. The van der Waals surface area contributed by atoms with Gasteiger partial charge >= 0.3 is 5.97 Å². The number of aliphatic carboxylic acids is 1. The van der Waals surface area contributed by atoms with Crippen LogP contribution in [0.1, 0.15) is 53.4 Å². The first-order valence-electron chi connectivity index (χ1n) is 11.4. The molecule has 13 heteroatoms. The highest BCUT2D eigenvalue weighted by molar-refractivity contribution is 5.94. The first-order chi connectivity index (χ1) is 15.8. The molecule has 0 bridgehead atoms. The molecule has 0 fully saturated rings. The molecule has 0 aliphatic rings. The van der Waals surface area contributed by atoms with Gasteiger partial charge in [-0.05, 0) is 31.1 Å². The molecule has 0 saturated carbocycles. The Hall–Kier alpha value is -2.93. The van der Waals surface area contributed by atoms with Gasteiger partial charge in [-0.2, -0.15) is 0 Å². The molecule has 11 N–H and O–H groups in total. The van der Waals surface area contributed by atoms with Crippen LogP contribution in [0.5, 0.6) is 0 Å². The summed E-state index contributed by atoms with van der Waals surface area (Å²) in [5.74, 6) is -3.65. The highest BCUT2D eigenvalue weighted by atomic mass is 16.4. The number of aliphatic hydroxyl groups excluding tert-OH is 1. The molecule has 13 nitrogen and oxygen atoms in total. The van der Waals surface area contributed by atoms with Gasteiger partial charge < -0.3 is 43.4 Å². The van der Waals surface area contributed by atoms with Crippen molar-refractivity contribution in [1.82, 2.24) is 16.0 Å². The van der Waals surface area contributed by atoms with Gasteiger partial charge in [0.2, 0.25) is 17.7 Å². The quantitative estimate of drug-likeness (QED) is 0.0681. The second-order valence-electron chi connectivity index (χ2n) is 8.70. The molecule has 0 heterocycles. The Morgan fingerprint density at radius 2 is 1.50 bits per heavy atom. The lowest BCUT2D eigenvalue weighted by Crippen LogP contribution is -2.58. The number of hydrogen-bond donors (Lipinski definition) is 8. The van der Waals surface area contributed by atoms with Gasteiger partial charge in [-0.25, -0.2) is 4.79 Å². The van der Waals surface area contributed by atoms with E-state index >= 15 is 0 Å². The molecule has 0 spiro atoms. The second-order valence-corrected chi connectivity index (χ2v) is 8.70. The summed E-state index contributed by atoms with van der Waals surface area (Å²) >= 11 is 0. The van der Waals surface area contributed by atoms with Crippen molar-refractivity contribution in [3.63, 3.8) is 0 Å². The molecule has 0 aromatic heterocycles. The summed E-state index contributed by atoms with van der Waals surface area (Å²) in [6.45, 7) is 6.81. The fraction of sp³-hybridized carbons (Fsp3) is 0.762. The lowest BCUT2D eigenvalue weighted by atomic mass is 9.98. The first kappa shape index (κ1) is 31.1. The van der Waals surface area contributed by atoms with E-state index in [0.717, 1.165) is 0 Å². The number of hydrogen-bond acceptors (Lipinski definition) is 7. The summed E-state index contributed by atoms with van der Waals surface area (Å²) < 4.78 is 0. The zero-order valence-electron chi connectivity index (χ0n) is 20.4. The lowest BCUT2D eigenvalue weighted by Gasteiger charge is -2.27. The van der Waals surface area contributed by atoms with Crippen LogP contribution in [0.3, 0.4) is 0 Å². The van der Waals surface area contributed by atoms with Crippen molar-refractivity contribution in [2.45, 2.75) is 77.5 Å². The molecule has 0 aliphatic heterocycles. The fourth-order valence-electron chi connectivity index (χ4n) is 3.05. The molecule has 0 saturated heterocycles. The zero-order chi connectivity index (χ0) is 26.4. The van der Waals surface area contributed by atoms with E-state index in [1.54, 1.807) is 13.8 Å². The zero-order valence-corrected chi connectivity index (χ0v) is 20.4. The molecular formula is C21H41N7O6. The van der Waals surface area contributed by atoms with Crippen LogP contribution in [-0.4, -0.2) is 77.2 Å². The van der Waals surface area contributed by atoms with Gasteiger partial charge in [0.15, 0.2) is 5.96 Å². The predicted molar refractivity (Wildman–Crippen MR) is 127 cm³/mol. The smallest absolute Gasteiger partial charge is 0.326 e. The van der Waals surface area contributed by atoms with E-state index in [1.165, 1.54) is 0 Å². The van der Waals surface area contributed by atoms with Crippen LogP contribution >= 0.6 is 0 Å². The Bertz CT molecular complexity index is 712. The van der Waals surface area contributed by atoms with Gasteiger partial charge in [-0.3, -0.25) is 19.4 Å². The monoisotopic (exact) mass is 487 g/mol. The van der Waals surface area contributed by atoms with Crippen LogP contribution in [0.2, 0.25) is 0 Å². The van der Waals surface area contributed by atoms with Crippen molar-refractivity contribution in [3.8, 4) is 0 Å². The molecule has 0 aromatic rings. The first-order valence-corrected chi connectivity index (χ1v) is 11.4. The summed E-state index contributed by atoms with van der Waals surface area (Å²) in [5, 5.41) is 26.2. The normalized spacial score (nSPS) is 15.4. The number of aliphatic imine (C=N–C) groups is 1. The standard InChI is InChI=1S/C21H41N7O6/c1-5-12(4)16(20(33)34)28-18(31)14(7-6-8-25-21(23)24)26-19(32)15(9-11(2)3)27-17(30)13(22)10-29/h11-16,29H,5-10,22H2,1-4H3,(H,26,32)(H,27,30)(H,28,31)(H,33,34)(H4,23,24,25). The van der Waals surface area contributed by atoms with Crippen molar-refractivity contribution in [2.24, 2.45) is 34.0 Å². The summed E-state index contributed by atoms with van der Waals surface area (Å²) in [4.78, 5) is 53.6. The van der Waals surface area contributed by atoms with Crippen LogP contribution in [0.4, 0.5) is 0 Å². The minimum Gasteiger partial charge on any atom is -0.480 e. The highest BCUT2D eigenvalue weighted by Gasteiger charge is 2.31. The molecule has 0 rings (SSSR count). The Labute approximate surface area is 200 Å². The SMILES string of the molecule is CCC(C)C(NC(=O)C(CCCN=C(N)N)NC(=O)C(CC(C)C)NC(=O)C(N)CO)C(=O)O. The Kier molecular flexibility index (Phi) is 14.5. The van der Waals surface area contributed by atoms with Gasteiger partial charge in [-0.15, -0.1) is 0 Å². The van der Waals surface area contributed by atoms with E-state index in [9.17, 15) is 24.3 Å². The van der Waals surface area contributed by atoms with Crippen LogP contribution in [0.15, 0.2) is 4.99 Å². The largest absolute Gasteiger partial charge is 0.480 e. The van der Waals surface area contributed by atoms with Crippen LogP contribution in [-0.2, 0) is 19.2 Å². The Balaban J connectivity index is 5.63. The second kappa shape index (κ2) is 15.8. The number of nitrogens with two attached hydrogens (primary N) is 3. The van der Waals surface area contributed by atoms with E-state index in [-0.39, 0.29) is 37.2 Å². The highest BCUT2D eigenvalue weighted by Crippen LogP contribution is 2.11. The van der Waals surface area contributed by atoms with Gasteiger partial charge in [-0.1, -0.05) is 34.1 Å². The van der Waals surface area contributed by atoms with Crippen molar-refractivity contribution in [3.05, 3.63) is 0 Å². The molecule has 34 heavy (non-hydrogen) atoms. The molecule has 3 amide bonds. The Morgan fingerprint density at radius 3 is 1.97 bits per heavy atom. The number of nitrogens with zero attached hydrogens (tertiary/aromatic N) is 1. The van der Waals surface area contributed by atoms with Gasteiger partial charge in [0, 0.05) is 6.54 Å². The third-order valence-electron chi connectivity index (χ3n) is 5.23.